The molecule has 0 unspecified atom stereocenters. The minimum atomic E-state index is 0.806. The van der Waals surface area contributed by atoms with E-state index in [4.69, 9.17) is 0 Å². The molecule has 0 aliphatic rings. The molecule has 0 aliphatic heterocycles. The van der Waals surface area contributed by atoms with Gasteiger partial charge in [0.1, 0.15) is 9.21 Å². The first-order valence-corrected chi connectivity index (χ1v) is 5.70. The van der Waals surface area contributed by atoms with Crippen LogP contribution in [0.15, 0.2) is 21.5 Å². The molecule has 62 valence electrons. The predicted molar refractivity (Wildman–Crippen MR) is 61.1 cm³/mol. The Hall–Kier alpha value is 0.310. The van der Waals surface area contributed by atoms with Crippen molar-refractivity contribution in [3.05, 3.63) is 25.0 Å². The topological polar surface area (TPSA) is 30.2 Å². The second-order valence-corrected chi connectivity index (χ2v) is 4.92. The highest BCUT2D eigenvalue weighted by molar-refractivity contribution is 14.1. The van der Waals surface area contributed by atoms with Gasteiger partial charge in [0, 0.05) is 6.07 Å². The van der Waals surface area contributed by atoms with Crippen LogP contribution < -0.4 is 0 Å². The van der Waals surface area contributed by atoms with Gasteiger partial charge in [-0.3, -0.25) is 0 Å². The van der Waals surface area contributed by atoms with Crippen LogP contribution in [0.2, 0.25) is 0 Å². The van der Waals surface area contributed by atoms with Gasteiger partial charge >= 0.3 is 0 Å². The van der Waals surface area contributed by atoms with Crippen LogP contribution >= 0.6 is 54.5 Å². The van der Waals surface area contributed by atoms with Crippen LogP contribution in [0.5, 0.6) is 0 Å². The summed E-state index contributed by atoms with van der Waals surface area (Å²) in [7, 11) is 0. The summed E-state index contributed by atoms with van der Waals surface area (Å²) in [5, 5.41) is 4.14. The Morgan fingerprint density at radius 3 is 2.92 bits per heavy atom. The van der Waals surface area contributed by atoms with Gasteiger partial charge in [-0.15, -0.1) is 0 Å². The van der Waals surface area contributed by atoms with E-state index in [1.165, 1.54) is 0 Å². The molecule has 0 saturated carbocycles. The normalized spacial score (nSPS) is 10.9. The van der Waals surface area contributed by atoms with Gasteiger partial charge < -0.3 is 0 Å². The average Bonchev–Trinajstić information content (AvgIpc) is 2.33. The highest BCUT2D eigenvalue weighted by Gasteiger charge is 2.05. The zero-order chi connectivity index (χ0) is 8.72. The fourth-order valence-electron chi connectivity index (χ4n) is 0.872. The highest BCUT2D eigenvalue weighted by atomic mass is 127. The number of halogens is 3. The lowest BCUT2D eigenvalue weighted by molar-refractivity contribution is 0.909. The molecular weight excluding hydrogens is 401 g/mol. The third kappa shape index (κ3) is 1.39. The fraction of sp³-hybridized carbons (Fsp3) is 0. The molecule has 2 aromatic heterocycles. The Kier molecular flexibility index (Phi) is 2.39. The van der Waals surface area contributed by atoms with Crippen molar-refractivity contribution in [1.29, 1.82) is 0 Å². The molecule has 0 amide bonds. The largest absolute Gasteiger partial charge is 0.220 e. The summed E-state index contributed by atoms with van der Waals surface area (Å²) < 4.78 is 4.48. The van der Waals surface area contributed by atoms with Crippen LogP contribution in [0, 0.1) is 3.57 Å². The molecule has 3 nitrogen and oxygen atoms in total. The first kappa shape index (κ1) is 8.89. The second kappa shape index (κ2) is 3.22. The van der Waals surface area contributed by atoms with E-state index in [-0.39, 0.29) is 0 Å². The summed E-state index contributed by atoms with van der Waals surface area (Å²) in [6.07, 6.45) is 1.78. The molecule has 0 radical (unpaired) electrons. The third-order valence-corrected chi connectivity index (χ3v) is 3.09. The molecule has 2 rings (SSSR count). The lowest BCUT2D eigenvalue weighted by Crippen LogP contribution is -1.92. The number of hydrogen-bond acceptors (Lipinski definition) is 2. The van der Waals surface area contributed by atoms with E-state index < -0.39 is 0 Å². The van der Waals surface area contributed by atoms with Gasteiger partial charge in [-0.25, -0.2) is 9.50 Å². The van der Waals surface area contributed by atoms with Crippen molar-refractivity contribution in [2.24, 2.45) is 0 Å². The molecule has 0 atom stereocenters. The maximum atomic E-state index is 4.28. The van der Waals surface area contributed by atoms with Crippen molar-refractivity contribution in [1.82, 2.24) is 14.6 Å². The van der Waals surface area contributed by atoms with Crippen molar-refractivity contribution in [3.8, 4) is 0 Å². The molecule has 12 heavy (non-hydrogen) atoms. The summed E-state index contributed by atoms with van der Waals surface area (Å²) in [4.78, 5) is 4.28. The van der Waals surface area contributed by atoms with Crippen molar-refractivity contribution >= 4 is 60.1 Å². The first-order valence-electron chi connectivity index (χ1n) is 3.04. The quantitative estimate of drug-likeness (QED) is 0.501. The van der Waals surface area contributed by atoms with Crippen molar-refractivity contribution < 1.29 is 0 Å². The minimum absolute atomic E-state index is 0.806. The number of rotatable bonds is 0. The summed E-state index contributed by atoms with van der Waals surface area (Å²) in [6, 6.07) is 1.86. The van der Waals surface area contributed by atoms with Crippen LogP contribution in [0.25, 0.3) is 5.65 Å². The van der Waals surface area contributed by atoms with E-state index in [9.17, 15) is 0 Å². The van der Waals surface area contributed by atoms with Gasteiger partial charge in [0.15, 0.2) is 5.65 Å². The van der Waals surface area contributed by atoms with Crippen LogP contribution in [0.4, 0.5) is 0 Å². The van der Waals surface area contributed by atoms with E-state index in [2.05, 4.69) is 64.5 Å². The maximum Gasteiger partial charge on any atom is 0.170 e. The van der Waals surface area contributed by atoms with Crippen LogP contribution in [-0.4, -0.2) is 14.6 Å². The summed E-state index contributed by atoms with van der Waals surface area (Å²) >= 11 is 8.90. The Morgan fingerprint density at radius 1 is 1.42 bits per heavy atom. The molecule has 0 aliphatic carbocycles. The number of aromatic nitrogens is 3. The first-order chi connectivity index (χ1) is 5.68. The zero-order valence-electron chi connectivity index (χ0n) is 5.63. The van der Waals surface area contributed by atoms with Gasteiger partial charge in [0.2, 0.25) is 0 Å². The van der Waals surface area contributed by atoms with E-state index >= 15 is 0 Å². The molecular formula is C6H2Br2IN3. The molecule has 6 heteroatoms. The van der Waals surface area contributed by atoms with Crippen LogP contribution in [0.1, 0.15) is 0 Å². The van der Waals surface area contributed by atoms with E-state index in [0.717, 1.165) is 18.4 Å². The van der Waals surface area contributed by atoms with Crippen LogP contribution in [0.3, 0.4) is 0 Å². The molecule has 0 fully saturated rings. The lowest BCUT2D eigenvalue weighted by Gasteiger charge is -1.96. The van der Waals surface area contributed by atoms with E-state index in [0.29, 0.717) is 0 Å². The van der Waals surface area contributed by atoms with Gasteiger partial charge in [-0.1, -0.05) is 0 Å². The Bertz CT molecular complexity index is 440. The van der Waals surface area contributed by atoms with E-state index in [1.807, 2.05) is 6.07 Å². The summed E-state index contributed by atoms with van der Waals surface area (Å²) in [5.41, 5.74) is 0.858. The van der Waals surface area contributed by atoms with Crippen molar-refractivity contribution in [3.63, 3.8) is 0 Å². The van der Waals surface area contributed by atoms with Gasteiger partial charge in [0.05, 0.1) is 9.77 Å². The third-order valence-electron chi connectivity index (χ3n) is 1.35. The minimum Gasteiger partial charge on any atom is -0.220 e. The molecule has 0 aromatic carbocycles. The molecule has 0 N–H and O–H groups in total. The van der Waals surface area contributed by atoms with Crippen molar-refractivity contribution in [2.75, 3.05) is 0 Å². The van der Waals surface area contributed by atoms with Crippen LogP contribution in [-0.2, 0) is 0 Å². The fourth-order valence-corrected chi connectivity index (χ4v) is 2.51. The van der Waals surface area contributed by atoms with Gasteiger partial charge in [-0.2, -0.15) is 5.10 Å². The molecule has 0 spiro atoms. The van der Waals surface area contributed by atoms with Gasteiger partial charge in [0.25, 0.3) is 0 Å². The monoisotopic (exact) mass is 401 g/mol. The number of fused-ring (bicyclic) bond motifs is 1. The van der Waals surface area contributed by atoms with Crippen molar-refractivity contribution in [2.45, 2.75) is 0 Å². The average molecular weight is 403 g/mol. The molecule has 0 bridgehead atoms. The predicted octanol–water partition coefficient (Wildman–Crippen LogP) is 2.86. The summed E-state index contributed by atoms with van der Waals surface area (Å²) in [6.45, 7) is 0. The molecule has 0 saturated heterocycles. The molecule has 2 heterocycles. The van der Waals surface area contributed by atoms with E-state index in [1.54, 1.807) is 10.7 Å². The lowest BCUT2D eigenvalue weighted by atomic mass is 10.6. The maximum absolute atomic E-state index is 4.28. The SMILES string of the molecule is Brc1cc(Br)n2ncc(I)c2n1. The number of hydrogen-bond donors (Lipinski definition) is 0. The Balaban J connectivity index is 2.92. The summed E-state index contributed by atoms with van der Waals surface area (Å²) in [5.74, 6) is 0. The van der Waals surface area contributed by atoms with Gasteiger partial charge in [-0.05, 0) is 54.5 Å². The smallest absolute Gasteiger partial charge is 0.170 e. The molecule has 2 aromatic rings. The second-order valence-electron chi connectivity index (χ2n) is 2.13. The number of nitrogens with zero attached hydrogens (tertiary/aromatic N) is 3. The standard InChI is InChI=1S/C6H2Br2IN3/c7-4-1-5(8)12-6(11-4)3(9)2-10-12/h1-2H. The zero-order valence-corrected chi connectivity index (χ0v) is 11.0. The highest BCUT2D eigenvalue weighted by Crippen LogP contribution is 2.20. The Labute approximate surface area is 99.0 Å². The Morgan fingerprint density at radius 2 is 2.17 bits per heavy atom.